The number of halogens is 3. The van der Waals surface area contributed by atoms with Crippen molar-refractivity contribution in [1.82, 2.24) is 0 Å². The van der Waals surface area contributed by atoms with Gasteiger partial charge in [-0.1, -0.05) is 12.1 Å². The average molecular weight is 492 g/mol. The lowest BCUT2D eigenvalue weighted by Crippen LogP contribution is -2.31. The van der Waals surface area contributed by atoms with Crippen molar-refractivity contribution in [3.63, 3.8) is 0 Å². The summed E-state index contributed by atoms with van der Waals surface area (Å²) >= 11 is 0. The summed E-state index contributed by atoms with van der Waals surface area (Å²) in [4.78, 5) is 24.4. The predicted molar refractivity (Wildman–Crippen MR) is 124 cm³/mol. The third-order valence-corrected chi connectivity index (χ3v) is 5.54. The van der Waals surface area contributed by atoms with Gasteiger partial charge in [-0.3, -0.25) is 4.79 Å². The maximum atomic E-state index is 12.4. The Morgan fingerprint density at radius 3 is 2.34 bits per heavy atom. The molecule has 0 saturated heterocycles. The molecule has 188 valence electrons. The van der Waals surface area contributed by atoms with E-state index >= 15 is 0 Å². The minimum atomic E-state index is -4.36. The molecule has 10 heteroatoms. The molecule has 0 radical (unpaired) electrons. The van der Waals surface area contributed by atoms with Crippen molar-refractivity contribution >= 4 is 29.4 Å². The van der Waals surface area contributed by atoms with Gasteiger partial charge in [0, 0.05) is 23.0 Å². The molecule has 0 atom stereocenters. The first-order chi connectivity index (χ1) is 16.6. The van der Waals surface area contributed by atoms with Crippen molar-refractivity contribution in [2.75, 3.05) is 18.1 Å². The molecule has 4 N–H and O–H groups in total. The van der Waals surface area contributed by atoms with Crippen LogP contribution in [0.3, 0.4) is 0 Å². The zero-order valence-electron chi connectivity index (χ0n) is 18.9. The first kappa shape index (κ1) is 26.1. The average Bonchev–Trinajstić information content (AvgIpc) is 2.82. The molecule has 2 aromatic carbocycles. The number of rotatable bonds is 8. The summed E-state index contributed by atoms with van der Waals surface area (Å²) in [5.74, 6) is -1.03. The summed E-state index contributed by atoms with van der Waals surface area (Å²) < 4.78 is 52.2. The number of hydrogen-bond acceptors (Lipinski definition) is 7. The molecular formula is C25H27F3N2O5. The van der Waals surface area contributed by atoms with Crippen LogP contribution >= 0.6 is 0 Å². The van der Waals surface area contributed by atoms with E-state index in [2.05, 4.69) is 0 Å². The van der Waals surface area contributed by atoms with Crippen LogP contribution in [0.15, 0.2) is 48.5 Å². The van der Waals surface area contributed by atoms with Gasteiger partial charge in [0.2, 0.25) is 0 Å². The summed E-state index contributed by atoms with van der Waals surface area (Å²) in [5, 5.41) is 0. The zero-order valence-corrected chi connectivity index (χ0v) is 18.9. The van der Waals surface area contributed by atoms with Gasteiger partial charge in [0.15, 0.2) is 0 Å². The molecule has 1 saturated carbocycles. The minimum Gasteiger partial charge on any atom is -0.458 e. The second-order valence-electron chi connectivity index (χ2n) is 8.29. The van der Waals surface area contributed by atoms with Gasteiger partial charge in [-0.2, -0.15) is 13.2 Å². The molecule has 2 aromatic rings. The number of nitrogen functional groups attached to an aromatic ring is 2. The minimum absolute atomic E-state index is 0.00863. The van der Waals surface area contributed by atoms with Gasteiger partial charge in [0.25, 0.3) is 0 Å². The van der Waals surface area contributed by atoms with Gasteiger partial charge in [0.1, 0.15) is 19.0 Å². The van der Waals surface area contributed by atoms with Gasteiger partial charge in [-0.05, 0) is 67.7 Å². The summed E-state index contributed by atoms with van der Waals surface area (Å²) in [6.45, 7) is -1.28. The van der Waals surface area contributed by atoms with Crippen molar-refractivity contribution in [1.29, 1.82) is 0 Å². The zero-order chi connectivity index (χ0) is 25.4. The van der Waals surface area contributed by atoms with Crippen LogP contribution in [0.25, 0.3) is 6.08 Å². The Morgan fingerprint density at radius 1 is 1.00 bits per heavy atom. The first-order valence-corrected chi connectivity index (χ1v) is 11.1. The number of carbonyl (C=O) groups excluding carboxylic acids is 2. The molecule has 7 nitrogen and oxygen atoms in total. The van der Waals surface area contributed by atoms with Crippen molar-refractivity contribution < 1.29 is 37.0 Å². The van der Waals surface area contributed by atoms with Gasteiger partial charge < -0.3 is 25.7 Å². The number of carbonyl (C=O) groups is 2. The van der Waals surface area contributed by atoms with Crippen LogP contribution in [0.2, 0.25) is 0 Å². The molecule has 0 aliphatic heterocycles. The Kier molecular flexibility index (Phi) is 8.75. The van der Waals surface area contributed by atoms with Crippen molar-refractivity contribution in [2.45, 2.75) is 44.6 Å². The molecular weight excluding hydrogens is 465 g/mol. The predicted octanol–water partition coefficient (Wildman–Crippen LogP) is 4.65. The van der Waals surface area contributed by atoms with Crippen LogP contribution in [0.4, 0.5) is 24.5 Å². The van der Waals surface area contributed by atoms with Crippen LogP contribution < -0.4 is 16.2 Å². The fraction of sp³-hybridized carbons (Fsp3) is 0.360. The molecule has 0 bridgehead atoms. The number of alkyl halides is 3. The largest absolute Gasteiger partial charge is 0.458 e. The van der Waals surface area contributed by atoms with Crippen molar-refractivity contribution in [2.24, 2.45) is 5.92 Å². The molecule has 3 rings (SSSR count). The molecule has 0 unspecified atom stereocenters. The van der Waals surface area contributed by atoms with E-state index in [1.54, 1.807) is 48.5 Å². The Bertz CT molecular complexity index is 1050. The van der Waals surface area contributed by atoms with Gasteiger partial charge in [-0.15, -0.1) is 0 Å². The van der Waals surface area contributed by atoms with E-state index in [9.17, 15) is 22.8 Å². The Balaban J connectivity index is 1.42. The van der Waals surface area contributed by atoms with E-state index < -0.39 is 30.8 Å². The van der Waals surface area contributed by atoms with Gasteiger partial charge in [0.05, 0.1) is 12.0 Å². The fourth-order valence-electron chi connectivity index (χ4n) is 3.64. The van der Waals surface area contributed by atoms with E-state index in [0.717, 1.165) is 0 Å². The third kappa shape index (κ3) is 8.64. The van der Waals surface area contributed by atoms with Crippen molar-refractivity contribution in [3.8, 4) is 5.75 Å². The second kappa shape index (κ2) is 11.7. The SMILES string of the molecule is Nc1ccc(N)c(COC(=O)/C=C/c2ccc(OC(=O)C3CCC(OCC(F)(F)F)CC3)cc2)c1. The van der Waals surface area contributed by atoms with Crippen LogP contribution in [-0.4, -0.2) is 30.8 Å². The van der Waals surface area contributed by atoms with Gasteiger partial charge in [-0.25, -0.2) is 4.79 Å². The molecule has 0 heterocycles. The summed E-state index contributed by atoms with van der Waals surface area (Å²) in [6, 6.07) is 11.5. The van der Waals surface area contributed by atoms with Crippen LogP contribution in [0.5, 0.6) is 5.75 Å². The van der Waals surface area contributed by atoms with Crippen LogP contribution in [-0.2, 0) is 25.7 Å². The summed E-state index contributed by atoms with van der Waals surface area (Å²) in [6.07, 6.45) is -0.469. The first-order valence-electron chi connectivity index (χ1n) is 11.1. The molecule has 1 aliphatic carbocycles. The molecule has 0 spiro atoms. The topological polar surface area (TPSA) is 114 Å². The van der Waals surface area contributed by atoms with Crippen LogP contribution in [0, 0.1) is 5.92 Å². The van der Waals surface area contributed by atoms with E-state index in [0.29, 0.717) is 53.9 Å². The number of benzene rings is 2. The van der Waals surface area contributed by atoms with E-state index in [-0.39, 0.29) is 12.5 Å². The fourth-order valence-corrected chi connectivity index (χ4v) is 3.64. The van der Waals surface area contributed by atoms with Gasteiger partial charge >= 0.3 is 18.1 Å². The number of hydrogen-bond donors (Lipinski definition) is 2. The Morgan fingerprint density at radius 2 is 1.69 bits per heavy atom. The number of anilines is 2. The lowest BCUT2D eigenvalue weighted by Gasteiger charge is -2.27. The Hall–Kier alpha value is -3.53. The van der Waals surface area contributed by atoms with Crippen molar-refractivity contribution in [3.05, 3.63) is 59.7 Å². The highest BCUT2D eigenvalue weighted by Gasteiger charge is 2.32. The van der Waals surface area contributed by atoms with Crippen LogP contribution in [0.1, 0.15) is 36.8 Å². The molecule has 1 aliphatic rings. The van der Waals surface area contributed by atoms with E-state index in [4.69, 9.17) is 25.7 Å². The maximum absolute atomic E-state index is 12.4. The Labute approximate surface area is 200 Å². The lowest BCUT2D eigenvalue weighted by molar-refractivity contribution is -0.189. The highest BCUT2D eigenvalue weighted by molar-refractivity contribution is 5.87. The second-order valence-corrected chi connectivity index (χ2v) is 8.29. The molecule has 0 aromatic heterocycles. The molecule has 0 amide bonds. The maximum Gasteiger partial charge on any atom is 0.411 e. The highest BCUT2D eigenvalue weighted by Crippen LogP contribution is 2.29. The smallest absolute Gasteiger partial charge is 0.411 e. The quantitative estimate of drug-likeness (QED) is 0.239. The third-order valence-electron chi connectivity index (χ3n) is 5.54. The summed E-state index contributed by atoms with van der Waals surface area (Å²) in [5.41, 5.74) is 13.8. The molecule has 1 fully saturated rings. The normalized spacial score (nSPS) is 18.4. The number of nitrogens with two attached hydrogens (primary N) is 2. The lowest BCUT2D eigenvalue weighted by atomic mass is 9.87. The summed E-state index contributed by atoms with van der Waals surface area (Å²) in [7, 11) is 0. The van der Waals surface area contributed by atoms with E-state index in [1.807, 2.05) is 0 Å². The number of ether oxygens (including phenoxy) is 3. The monoisotopic (exact) mass is 492 g/mol. The molecule has 35 heavy (non-hydrogen) atoms. The van der Waals surface area contributed by atoms with E-state index in [1.165, 1.54) is 6.08 Å². The highest BCUT2D eigenvalue weighted by atomic mass is 19.4. The standard InChI is InChI=1S/C25H27F3N2O5/c26-25(27,28)15-34-20-9-4-17(5-10-20)24(32)35-21-7-1-16(2-8-21)3-12-23(31)33-14-18-13-19(29)6-11-22(18)30/h1-3,6-8,11-13,17,20H,4-5,9-10,14-15,29-30H2/b12-3+. The number of esters is 2.